The SMILES string of the molecule is COc1ccc(-c2ccn3nc(-c4cncc(C)c4)nc(NCc4ccccn4)c23)cn1.Cc1cc(-c2nc(NCc3ccccn3)c3c(-c4ccccc4)ccn3n2)cnc1C.Cc1cncc(-c2nc(NCc3ccccn3)c3c(-c4cccc(N)c4)ccn3n2)c1.[C-]#[N+]c1cccc(-c2ccn3nc(-c4cncc(C)c4)nc(NCc4ccccn4)c23)c1. The lowest BCUT2D eigenvalue weighted by molar-refractivity contribution is 0.398. The highest BCUT2D eigenvalue weighted by Crippen LogP contribution is 2.38. The van der Waals surface area contributed by atoms with Gasteiger partial charge in [-0.05, 0) is 195 Å². The molecule has 0 spiro atoms. The monoisotopic (exact) mass is 1650 g/mol. The number of nitrogen functional groups attached to an aromatic ring is 1. The standard InChI is InChI=1S/C25H19N7.C25H22N6.C24H21N7O.C24H21N7/c1-17-12-19(15-27-14-17)24-30-25(29-16-21-7-3-4-10-28-21)23-22(9-11-32(23)31-24)18-6-5-8-20(13-18)26-2;1-17-14-20(15-27-18(17)2)24-29-25(28-16-21-10-6-7-12-26-21)23-22(11-13-31(23)30-24)19-8-4-3-5-9-19;1-16-11-18(13-25-12-16)23-29-24(28-15-19-5-3-4-9-26-19)22-20(8-10-31(22)30-23)17-6-7-21(32-2)27-14-17;1-16-11-18(14-26-13-16)23-29-24(28-15-20-7-2-3-9-27-20)22-21(8-10-31(22)30-23)17-5-4-6-19(25)12-17/h3-15H,16H2,1H3,(H,29,30,31);3-15H,16H2,1-2H3,(H,28,29,30);3-14H,15H2,1-2H3,(H,28,29,30);2-14H,15,25H2,1H3,(H,28,29,30). The average molecular weight is 1650 g/mol. The predicted molar refractivity (Wildman–Crippen MR) is 492 cm³/mol. The Bertz CT molecular complexity index is 7250. The summed E-state index contributed by atoms with van der Waals surface area (Å²) in [6.45, 7) is 19.6. The van der Waals surface area contributed by atoms with Gasteiger partial charge >= 0.3 is 0 Å². The van der Waals surface area contributed by atoms with Crippen LogP contribution in [0.4, 0.5) is 34.6 Å². The number of rotatable bonds is 21. The fourth-order valence-corrected chi connectivity index (χ4v) is 14.2. The number of ether oxygens (including phenoxy) is 1. The number of fused-ring (bicyclic) bond motifs is 4. The molecule has 17 aromatic heterocycles. The molecule has 0 fully saturated rings. The highest BCUT2D eigenvalue weighted by molar-refractivity contribution is 5.93. The van der Waals surface area contributed by atoms with Crippen molar-refractivity contribution in [3.05, 3.63) is 374 Å². The van der Waals surface area contributed by atoms with Gasteiger partial charge in [-0.15, -0.1) is 20.4 Å². The summed E-state index contributed by atoms with van der Waals surface area (Å²) < 4.78 is 12.6. The fraction of sp³-hybridized carbons (Fsp3) is 0.102. The Labute approximate surface area is 725 Å². The van der Waals surface area contributed by atoms with Gasteiger partial charge < -0.3 is 31.7 Å². The first-order chi connectivity index (χ1) is 61.8. The number of anilines is 5. The Kier molecular flexibility index (Phi) is 24.2. The van der Waals surface area contributed by atoms with E-state index in [1.807, 2.05) is 278 Å². The van der Waals surface area contributed by atoms with Gasteiger partial charge in [0.1, 0.15) is 22.1 Å². The lowest BCUT2D eigenvalue weighted by Gasteiger charge is -2.12. The highest BCUT2D eigenvalue weighted by atomic mass is 16.5. The van der Waals surface area contributed by atoms with Crippen LogP contribution in [0.2, 0.25) is 0 Å². The second kappa shape index (κ2) is 37.6. The van der Waals surface area contributed by atoms with Crippen LogP contribution in [0, 0.1) is 41.2 Å². The molecule has 0 saturated carbocycles. The number of nitrogens with one attached hydrogen (secondary N) is 4. The van der Waals surface area contributed by atoms with Gasteiger partial charge in [0.2, 0.25) is 5.88 Å². The molecular weight excluding hydrogens is 1570 g/mol. The predicted octanol–water partition coefficient (Wildman–Crippen LogP) is 18.9. The first kappa shape index (κ1) is 81.2. The first-order valence-electron chi connectivity index (χ1n) is 40.5. The number of benzene rings is 3. The molecule has 28 heteroatoms. The molecule has 0 aliphatic carbocycles. The number of nitrogens with zero attached hydrogens (tertiary/aromatic N) is 22. The first-order valence-corrected chi connectivity index (χ1v) is 40.5. The minimum Gasteiger partial charge on any atom is -0.481 e. The number of pyridine rings is 9. The van der Waals surface area contributed by atoms with E-state index < -0.39 is 0 Å². The van der Waals surface area contributed by atoms with E-state index in [1.165, 1.54) is 0 Å². The number of aromatic nitrogens is 21. The van der Waals surface area contributed by atoms with Crippen LogP contribution in [0.15, 0.2) is 311 Å². The summed E-state index contributed by atoms with van der Waals surface area (Å²) >= 11 is 0. The summed E-state index contributed by atoms with van der Waals surface area (Å²) in [4.78, 5) is 62.4. The van der Waals surface area contributed by atoms with E-state index in [2.05, 4.69) is 95.2 Å². The molecule has 20 rings (SSSR count). The van der Waals surface area contributed by atoms with Crippen molar-refractivity contribution >= 4 is 56.7 Å². The van der Waals surface area contributed by atoms with Gasteiger partial charge in [-0.3, -0.25) is 39.9 Å². The van der Waals surface area contributed by atoms with E-state index in [4.69, 9.17) is 57.4 Å². The molecule has 0 unspecified atom stereocenters. The Hall–Kier alpha value is -17.2. The normalized spacial score (nSPS) is 10.9. The Morgan fingerprint density at radius 1 is 0.333 bits per heavy atom. The number of nitrogens with two attached hydrogens (primary N) is 1. The summed E-state index contributed by atoms with van der Waals surface area (Å²) in [6.07, 6.45) is 29.2. The third-order valence-corrected chi connectivity index (χ3v) is 20.5. The van der Waals surface area contributed by atoms with Crippen LogP contribution < -0.4 is 31.7 Å². The zero-order valence-electron chi connectivity index (χ0n) is 69.6. The minimum absolute atomic E-state index is 0.520. The van der Waals surface area contributed by atoms with E-state index in [9.17, 15) is 0 Å². The van der Waals surface area contributed by atoms with Crippen molar-refractivity contribution < 1.29 is 4.74 Å². The van der Waals surface area contributed by atoms with E-state index in [-0.39, 0.29) is 0 Å². The maximum absolute atomic E-state index is 7.34. The maximum Gasteiger partial charge on any atom is 0.212 e. The molecule has 20 aromatic rings. The summed E-state index contributed by atoms with van der Waals surface area (Å²) in [7, 11) is 1.60. The van der Waals surface area contributed by atoms with Crippen LogP contribution in [0.5, 0.6) is 5.88 Å². The van der Waals surface area contributed by atoms with E-state index in [0.717, 1.165) is 151 Å². The molecule has 0 radical (unpaired) electrons. The van der Waals surface area contributed by atoms with Crippen molar-refractivity contribution in [1.29, 1.82) is 0 Å². The third-order valence-electron chi connectivity index (χ3n) is 20.5. The van der Waals surface area contributed by atoms with Crippen molar-refractivity contribution in [2.24, 2.45) is 0 Å². The molecule has 3 aromatic carbocycles. The quantitative estimate of drug-likeness (QED) is 0.0330. The molecule has 0 atom stereocenters. The molecule has 126 heavy (non-hydrogen) atoms. The van der Waals surface area contributed by atoms with Crippen molar-refractivity contribution in [3.63, 3.8) is 0 Å². The summed E-state index contributed by atoms with van der Waals surface area (Å²) in [6, 6.07) is 69.1. The van der Waals surface area contributed by atoms with Crippen molar-refractivity contribution in [3.8, 4) is 95.9 Å². The molecule has 17 heterocycles. The van der Waals surface area contributed by atoms with Gasteiger partial charge in [-0.2, -0.15) is 0 Å². The second-order valence-electron chi connectivity index (χ2n) is 29.5. The van der Waals surface area contributed by atoms with Gasteiger partial charge in [0.25, 0.3) is 0 Å². The molecule has 6 N–H and O–H groups in total. The smallest absolute Gasteiger partial charge is 0.212 e. The molecule has 0 saturated heterocycles. The Balaban J connectivity index is 0.000000119. The molecular formula is C98H83N27O. The Morgan fingerprint density at radius 3 is 1.06 bits per heavy atom. The maximum atomic E-state index is 7.34. The largest absolute Gasteiger partial charge is 0.481 e. The second-order valence-corrected chi connectivity index (χ2v) is 29.5. The zero-order valence-corrected chi connectivity index (χ0v) is 69.6. The Morgan fingerprint density at radius 2 is 0.698 bits per heavy atom. The van der Waals surface area contributed by atoms with Crippen LogP contribution in [0.25, 0.3) is 117 Å². The van der Waals surface area contributed by atoms with Crippen LogP contribution >= 0.6 is 0 Å². The van der Waals surface area contributed by atoms with Crippen molar-refractivity contribution in [2.75, 3.05) is 34.1 Å². The molecule has 0 amide bonds. The lowest BCUT2D eigenvalue weighted by atomic mass is 10.1. The van der Waals surface area contributed by atoms with Gasteiger partial charge in [0.15, 0.2) is 52.3 Å². The van der Waals surface area contributed by atoms with Crippen LogP contribution in [0.1, 0.15) is 50.7 Å². The molecule has 28 nitrogen and oxygen atoms in total. The van der Waals surface area contributed by atoms with Gasteiger partial charge in [0.05, 0.1) is 62.6 Å². The topological polar surface area (TPSA) is 324 Å². The minimum atomic E-state index is 0.520. The zero-order chi connectivity index (χ0) is 86.2. The lowest BCUT2D eigenvalue weighted by Crippen LogP contribution is -2.08. The molecule has 0 aliphatic rings. The fourth-order valence-electron chi connectivity index (χ4n) is 14.2. The van der Waals surface area contributed by atoms with E-state index >= 15 is 0 Å². The molecule has 616 valence electrons. The van der Waals surface area contributed by atoms with Crippen molar-refractivity contribution in [2.45, 2.75) is 60.8 Å². The van der Waals surface area contributed by atoms with Gasteiger partial charge in [0, 0.05) is 167 Å². The van der Waals surface area contributed by atoms with E-state index in [0.29, 0.717) is 78.4 Å². The van der Waals surface area contributed by atoms with Crippen LogP contribution in [-0.2, 0) is 26.2 Å². The van der Waals surface area contributed by atoms with Gasteiger partial charge in [-0.1, -0.05) is 84.9 Å². The average Bonchev–Trinajstić information content (AvgIpc) is 1.61. The number of hydrogen-bond donors (Lipinski definition) is 5. The van der Waals surface area contributed by atoms with Gasteiger partial charge in [-0.25, -0.2) is 47.8 Å². The molecule has 0 aliphatic heterocycles. The van der Waals surface area contributed by atoms with Crippen LogP contribution in [-0.4, -0.2) is 110 Å². The summed E-state index contributed by atoms with van der Waals surface area (Å²) in [5.74, 6) is 5.84. The number of methoxy groups -OCH3 is 1. The molecule has 0 bridgehead atoms. The third kappa shape index (κ3) is 18.8. The summed E-state index contributed by atoms with van der Waals surface area (Å²) in [5.41, 5.74) is 31.3. The van der Waals surface area contributed by atoms with Crippen molar-refractivity contribution in [1.82, 2.24) is 103 Å². The highest BCUT2D eigenvalue weighted by Gasteiger charge is 2.22. The summed E-state index contributed by atoms with van der Waals surface area (Å²) in [5, 5.41) is 32.8. The van der Waals surface area contributed by atoms with Crippen LogP contribution in [0.3, 0.4) is 0 Å². The number of aryl methyl sites for hydroxylation is 5. The van der Waals surface area contributed by atoms with E-state index in [1.54, 1.807) is 68.9 Å². The number of hydrogen-bond acceptors (Lipinski definition) is 23.